The summed E-state index contributed by atoms with van der Waals surface area (Å²) >= 11 is 0. The van der Waals surface area contributed by atoms with Crippen molar-refractivity contribution in [1.29, 1.82) is 0 Å². The fraction of sp³-hybridized carbons (Fsp3) is 0.357. The number of hydrogen-bond donors (Lipinski definition) is 2. The van der Waals surface area contributed by atoms with E-state index in [1.165, 1.54) is 12.8 Å². The van der Waals surface area contributed by atoms with E-state index in [0.29, 0.717) is 18.2 Å². The topological polar surface area (TPSA) is 70.7 Å². The second-order valence-electron chi connectivity index (χ2n) is 4.75. The SMILES string of the molecule is CCC(=O)Nc1n[nH]c(C2CC2)c1-c1ccccn1. The van der Waals surface area contributed by atoms with E-state index in [1.807, 2.05) is 25.1 Å². The lowest BCUT2D eigenvalue weighted by Gasteiger charge is -2.05. The minimum Gasteiger partial charge on any atom is -0.309 e. The molecule has 2 aromatic rings. The molecule has 2 heterocycles. The zero-order valence-electron chi connectivity index (χ0n) is 10.8. The lowest BCUT2D eigenvalue weighted by Crippen LogP contribution is -2.10. The highest BCUT2D eigenvalue weighted by Gasteiger charge is 2.31. The highest BCUT2D eigenvalue weighted by atomic mass is 16.1. The zero-order chi connectivity index (χ0) is 13.2. The summed E-state index contributed by atoms with van der Waals surface area (Å²) in [5, 5.41) is 10.1. The average molecular weight is 256 g/mol. The number of H-pyrrole nitrogens is 1. The largest absolute Gasteiger partial charge is 0.309 e. The first-order valence-electron chi connectivity index (χ1n) is 6.59. The van der Waals surface area contributed by atoms with Crippen molar-refractivity contribution >= 4 is 11.7 Å². The summed E-state index contributed by atoms with van der Waals surface area (Å²) in [6.07, 6.45) is 4.53. The Morgan fingerprint density at radius 1 is 1.47 bits per heavy atom. The van der Waals surface area contributed by atoms with Crippen molar-refractivity contribution in [2.24, 2.45) is 0 Å². The van der Waals surface area contributed by atoms with E-state index in [2.05, 4.69) is 20.5 Å². The van der Waals surface area contributed by atoms with Crippen LogP contribution in [0.15, 0.2) is 24.4 Å². The van der Waals surface area contributed by atoms with E-state index >= 15 is 0 Å². The van der Waals surface area contributed by atoms with Crippen LogP contribution in [0.2, 0.25) is 0 Å². The highest BCUT2D eigenvalue weighted by Crippen LogP contribution is 2.45. The van der Waals surface area contributed by atoms with Crippen LogP contribution in [0.4, 0.5) is 5.82 Å². The Morgan fingerprint density at radius 2 is 2.32 bits per heavy atom. The van der Waals surface area contributed by atoms with Crippen LogP contribution in [-0.4, -0.2) is 21.1 Å². The number of aromatic amines is 1. The molecule has 0 atom stereocenters. The quantitative estimate of drug-likeness (QED) is 0.883. The van der Waals surface area contributed by atoms with Gasteiger partial charge in [-0.15, -0.1) is 0 Å². The van der Waals surface area contributed by atoms with Crippen molar-refractivity contribution in [3.05, 3.63) is 30.1 Å². The molecular formula is C14H16N4O. The standard InChI is InChI=1S/C14H16N4O/c1-2-11(19)16-14-12(10-5-3-4-8-15-10)13(17-18-14)9-6-7-9/h3-5,8-9H,2,6-7H2,1H3,(H2,16,17,18,19). The van der Waals surface area contributed by atoms with Crippen LogP contribution >= 0.6 is 0 Å². The average Bonchev–Trinajstić information content (AvgIpc) is 3.21. The number of amides is 1. The second kappa shape index (κ2) is 4.84. The highest BCUT2D eigenvalue weighted by molar-refractivity contribution is 5.94. The fourth-order valence-electron chi connectivity index (χ4n) is 2.10. The summed E-state index contributed by atoms with van der Waals surface area (Å²) in [5.74, 6) is 1.08. The molecule has 5 nitrogen and oxygen atoms in total. The van der Waals surface area contributed by atoms with Gasteiger partial charge in [0.1, 0.15) is 0 Å². The van der Waals surface area contributed by atoms with Crippen molar-refractivity contribution in [2.75, 3.05) is 5.32 Å². The number of nitrogens with one attached hydrogen (secondary N) is 2. The van der Waals surface area contributed by atoms with Crippen molar-refractivity contribution in [3.63, 3.8) is 0 Å². The van der Waals surface area contributed by atoms with Crippen LogP contribution in [0.3, 0.4) is 0 Å². The zero-order valence-corrected chi connectivity index (χ0v) is 10.8. The Hall–Kier alpha value is -2.17. The number of anilines is 1. The van der Waals surface area contributed by atoms with Gasteiger partial charge in [0, 0.05) is 24.2 Å². The predicted molar refractivity (Wildman–Crippen MR) is 72.7 cm³/mol. The summed E-state index contributed by atoms with van der Waals surface area (Å²) in [7, 11) is 0. The molecule has 3 rings (SSSR count). The Morgan fingerprint density at radius 3 is 2.95 bits per heavy atom. The number of nitrogens with zero attached hydrogens (tertiary/aromatic N) is 2. The minimum atomic E-state index is -0.0361. The molecule has 0 aromatic carbocycles. The summed E-state index contributed by atoms with van der Waals surface area (Å²) in [6, 6.07) is 5.76. The molecule has 1 saturated carbocycles. The molecule has 2 aromatic heterocycles. The van der Waals surface area contributed by atoms with E-state index in [-0.39, 0.29) is 5.91 Å². The molecule has 1 aliphatic carbocycles. The van der Waals surface area contributed by atoms with Crippen LogP contribution < -0.4 is 5.32 Å². The minimum absolute atomic E-state index is 0.0361. The van der Waals surface area contributed by atoms with Gasteiger partial charge < -0.3 is 5.32 Å². The first kappa shape index (κ1) is 11.9. The number of rotatable bonds is 4. The molecule has 19 heavy (non-hydrogen) atoms. The Kier molecular flexibility index (Phi) is 3.03. The van der Waals surface area contributed by atoms with Crippen LogP contribution in [0, 0.1) is 0 Å². The van der Waals surface area contributed by atoms with Gasteiger partial charge in [0.2, 0.25) is 5.91 Å². The van der Waals surface area contributed by atoms with Crippen molar-refractivity contribution in [1.82, 2.24) is 15.2 Å². The number of carbonyl (C=O) groups is 1. The van der Waals surface area contributed by atoms with Gasteiger partial charge in [-0.05, 0) is 25.0 Å². The molecule has 98 valence electrons. The van der Waals surface area contributed by atoms with E-state index in [4.69, 9.17) is 0 Å². The van der Waals surface area contributed by atoms with Gasteiger partial charge >= 0.3 is 0 Å². The Balaban J connectivity index is 2.03. The summed E-state index contributed by atoms with van der Waals surface area (Å²) in [4.78, 5) is 15.9. The van der Waals surface area contributed by atoms with E-state index in [9.17, 15) is 4.79 Å². The fourth-order valence-corrected chi connectivity index (χ4v) is 2.10. The van der Waals surface area contributed by atoms with Gasteiger partial charge in [-0.1, -0.05) is 13.0 Å². The lowest BCUT2D eigenvalue weighted by molar-refractivity contribution is -0.115. The van der Waals surface area contributed by atoms with E-state index in [1.54, 1.807) is 6.20 Å². The molecule has 0 spiro atoms. The summed E-state index contributed by atoms with van der Waals surface area (Å²) in [6.45, 7) is 1.82. The molecule has 0 saturated heterocycles. The van der Waals surface area contributed by atoms with E-state index in [0.717, 1.165) is 17.0 Å². The number of carbonyl (C=O) groups excluding carboxylic acids is 1. The first-order chi connectivity index (χ1) is 9.29. The van der Waals surface area contributed by atoms with Crippen LogP contribution in [0.5, 0.6) is 0 Å². The van der Waals surface area contributed by atoms with Gasteiger partial charge in [0.25, 0.3) is 0 Å². The van der Waals surface area contributed by atoms with Gasteiger partial charge in [0.05, 0.1) is 11.3 Å². The maximum Gasteiger partial charge on any atom is 0.225 e. The molecule has 1 fully saturated rings. The second-order valence-corrected chi connectivity index (χ2v) is 4.75. The third-order valence-electron chi connectivity index (χ3n) is 3.28. The molecule has 5 heteroatoms. The van der Waals surface area contributed by atoms with Gasteiger partial charge in [0.15, 0.2) is 5.82 Å². The molecule has 0 unspecified atom stereocenters. The molecule has 0 aliphatic heterocycles. The lowest BCUT2D eigenvalue weighted by atomic mass is 10.1. The van der Waals surface area contributed by atoms with Crippen molar-refractivity contribution < 1.29 is 4.79 Å². The summed E-state index contributed by atoms with van der Waals surface area (Å²) < 4.78 is 0. The maximum atomic E-state index is 11.6. The van der Waals surface area contributed by atoms with Gasteiger partial charge in [-0.25, -0.2) is 0 Å². The number of pyridine rings is 1. The normalized spacial score (nSPS) is 14.4. The van der Waals surface area contributed by atoms with Gasteiger partial charge in [-0.2, -0.15) is 5.10 Å². The molecule has 0 bridgehead atoms. The monoisotopic (exact) mass is 256 g/mol. The third-order valence-corrected chi connectivity index (χ3v) is 3.28. The first-order valence-corrected chi connectivity index (χ1v) is 6.59. The molecule has 0 radical (unpaired) electrons. The Labute approximate surface area is 111 Å². The van der Waals surface area contributed by atoms with Crippen LogP contribution in [0.25, 0.3) is 11.3 Å². The van der Waals surface area contributed by atoms with Crippen LogP contribution in [0.1, 0.15) is 37.8 Å². The summed E-state index contributed by atoms with van der Waals surface area (Å²) in [5.41, 5.74) is 2.87. The molecule has 1 amide bonds. The molecule has 1 aliphatic rings. The molecule has 2 N–H and O–H groups in total. The Bertz CT molecular complexity index is 587. The van der Waals surface area contributed by atoms with Gasteiger partial charge in [-0.3, -0.25) is 14.9 Å². The number of hydrogen-bond acceptors (Lipinski definition) is 3. The maximum absolute atomic E-state index is 11.6. The smallest absolute Gasteiger partial charge is 0.225 e. The van der Waals surface area contributed by atoms with Crippen molar-refractivity contribution in [2.45, 2.75) is 32.1 Å². The van der Waals surface area contributed by atoms with Crippen LogP contribution in [-0.2, 0) is 4.79 Å². The van der Waals surface area contributed by atoms with Crippen molar-refractivity contribution in [3.8, 4) is 11.3 Å². The van der Waals surface area contributed by atoms with E-state index < -0.39 is 0 Å². The third kappa shape index (κ3) is 2.36. The molecular weight excluding hydrogens is 240 g/mol. The number of aromatic nitrogens is 3. The predicted octanol–water partition coefficient (Wildman–Crippen LogP) is 2.70.